The molecule has 110 valence electrons. The summed E-state index contributed by atoms with van der Waals surface area (Å²) in [4.78, 5) is 14.1. The van der Waals surface area contributed by atoms with Crippen molar-refractivity contribution >= 4 is 17.5 Å². The van der Waals surface area contributed by atoms with E-state index in [4.69, 9.17) is 11.6 Å². The van der Waals surface area contributed by atoms with Gasteiger partial charge in [-0.25, -0.2) is 0 Å². The van der Waals surface area contributed by atoms with Crippen LogP contribution in [0.1, 0.15) is 31.7 Å². The van der Waals surface area contributed by atoms with Crippen molar-refractivity contribution < 1.29 is 4.79 Å². The highest BCUT2D eigenvalue weighted by Crippen LogP contribution is 2.24. The van der Waals surface area contributed by atoms with Gasteiger partial charge in [-0.05, 0) is 43.9 Å². The Morgan fingerprint density at radius 3 is 3.00 bits per heavy atom. The van der Waals surface area contributed by atoms with E-state index in [-0.39, 0.29) is 5.91 Å². The van der Waals surface area contributed by atoms with E-state index in [9.17, 15) is 4.79 Å². The average molecular weight is 295 g/mol. The summed E-state index contributed by atoms with van der Waals surface area (Å²) in [7, 11) is 0. The molecular formula is C16H23ClN2O. The molecule has 1 heterocycles. The van der Waals surface area contributed by atoms with Crippen LogP contribution in [-0.2, 0) is 11.2 Å². The van der Waals surface area contributed by atoms with Crippen LogP contribution >= 0.6 is 11.6 Å². The summed E-state index contributed by atoms with van der Waals surface area (Å²) < 4.78 is 0. The van der Waals surface area contributed by atoms with Crippen molar-refractivity contribution in [2.45, 2.75) is 38.6 Å². The van der Waals surface area contributed by atoms with Gasteiger partial charge < -0.3 is 5.32 Å². The van der Waals surface area contributed by atoms with Gasteiger partial charge in [0.1, 0.15) is 0 Å². The standard InChI is InChI=1S/C16H23ClN2O/c1-2-9-18-16(20)12-19-10-5-7-14(19)11-13-6-3-4-8-15(13)17/h3-4,6,8,14H,2,5,7,9-12H2,1H3,(H,18,20). The van der Waals surface area contributed by atoms with Crippen molar-refractivity contribution in [2.75, 3.05) is 19.6 Å². The molecule has 1 N–H and O–H groups in total. The summed E-state index contributed by atoms with van der Waals surface area (Å²) in [5, 5.41) is 3.78. The van der Waals surface area contributed by atoms with Gasteiger partial charge in [-0.2, -0.15) is 0 Å². The molecule has 4 heteroatoms. The number of hydrogen-bond donors (Lipinski definition) is 1. The summed E-state index contributed by atoms with van der Waals surface area (Å²) in [6.45, 7) is 4.35. The normalized spacial score (nSPS) is 19.2. The topological polar surface area (TPSA) is 32.3 Å². The Balaban J connectivity index is 1.91. The molecule has 0 spiro atoms. The van der Waals surface area contributed by atoms with Crippen molar-refractivity contribution in [3.63, 3.8) is 0 Å². The third kappa shape index (κ3) is 4.22. The highest BCUT2D eigenvalue weighted by Gasteiger charge is 2.26. The first-order valence-electron chi connectivity index (χ1n) is 7.45. The third-order valence-corrected chi connectivity index (χ3v) is 4.20. The molecule has 3 nitrogen and oxygen atoms in total. The number of halogens is 1. The minimum atomic E-state index is 0.137. The number of rotatable bonds is 6. The molecule has 0 bridgehead atoms. The fourth-order valence-electron chi connectivity index (χ4n) is 2.76. The van der Waals surface area contributed by atoms with E-state index in [1.807, 2.05) is 18.2 Å². The zero-order chi connectivity index (χ0) is 14.4. The van der Waals surface area contributed by atoms with E-state index in [2.05, 4.69) is 23.2 Å². The molecule has 1 fully saturated rings. The van der Waals surface area contributed by atoms with Crippen LogP contribution in [0.25, 0.3) is 0 Å². The summed E-state index contributed by atoms with van der Waals surface area (Å²) in [5.41, 5.74) is 1.18. The van der Waals surface area contributed by atoms with Crippen molar-refractivity contribution in [1.82, 2.24) is 10.2 Å². The van der Waals surface area contributed by atoms with Crippen LogP contribution in [0.2, 0.25) is 5.02 Å². The highest BCUT2D eigenvalue weighted by molar-refractivity contribution is 6.31. The first-order chi connectivity index (χ1) is 9.70. The monoisotopic (exact) mass is 294 g/mol. The molecule has 0 aromatic heterocycles. The van der Waals surface area contributed by atoms with Gasteiger partial charge in [0.15, 0.2) is 0 Å². The molecule has 1 aliphatic heterocycles. The number of carbonyl (C=O) groups is 1. The number of hydrogen-bond acceptors (Lipinski definition) is 2. The van der Waals surface area contributed by atoms with Gasteiger partial charge in [0.05, 0.1) is 6.54 Å². The summed E-state index contributed by atoms with van der Waals surface area (Å²) in [6.07, 6.45) is 4.22. The molecular weight excluding hydrogens is 272 g/mol. The van der Waals surface area contributed by atoms with E-state index in [1.54, 1.807) is 0 Å². The van der Waals surface area contributed by atoms with E-state index in [0.717, 1.165) is 43.8 Å². The Morgan fingerprint density at radius 2 is 2.25 bits per heavy atom. The molecule has 1 amide bonds. The Bertz CT molecular complexity index is 450. The second-order valence-electron chi connectivity index (χ2n) is 5.41. The molecule has 0 radical (unpaired) electrons. The lowest BCUT2D eigenvalue weighted by atomic mass is 10.0. The van der Waals surface area contributed by atoms with E-state index in [0.29, 0.717) is 12.6 Å². The van der Waals surface area contributed by atoms with E-state index in [1.165, 1.54) is 5.56 Å². The predicted molar refractivity (Wildman–Crippen MR) is 83.1 cm³/mol. The third-order valence-electron chi connectivity index (χ3n) is 3.83. The van der Waals surface area contributed by atoms with Crippen molar-refractivity contribution in [3.8, 4) is 0 Å². The fraction of sp³-hybridized carbons (Fsp3) is 0.562. The Kier molecular flexibility index (Phi) is 5.86. The zero-order valence-electron chi connectivity index (χ0n) is 12.1. The molecule has 1 aromatic carbocycles. The molecule has 1 unspecified atom stereocenters. The molecule has 2 rings (SSSR count). The van der Waals surface area contributed by atoms with E-state index < -0.39 is 0 Å². The number of likely N-dealkylation sites (tertiary alicyclic amines) is 1. The molecule has 20 heavy (non-hydrogen) atoms. The summed E-state index contributed by atoms with van der Waals surface area (Å²) in [6, 6.07) is 8.42. The smallest absolute Gasteiger partial charge is 0.234 e. The molecule has 1 saturated heterocycles. The number of nitrogens with zero attached hydrogens (tertiary/aromatic N) is 1. The summed E-state index contributed by atoms with van der Waals surface area (Å²) >= 11 is 6.23. The van der Waals surface area contributed by atoms with Crippen LogP contribution < -0.4 is 5.32 Å². The second-order valence-corrected chi connectivity index (χ2v) is 5.82. The predicted octanol–water partition coefficient (Wildman–Crippen LogP) is 2.87. The van der Waals surface area contributed by atoms with Crippen LogP contribution in [0.5, 0.6) is 0 Å². The van der Waals surface area contributed by atoms with E-state index >= 15 is 0 Å². The number of carbonyl (C=O) groups excluding carboxylic acids is 1. The van der Waals surface area contributed by atoms with Crippen LogP contribution in [0.3, 0.4) is 0 Å². The number of benzene rings is 1. The van der Waals surface area contributed by atoms with Gasteiger partial charge in [-0.1, -0.05) is 36.7 Å². The average Bonchev–Trinajstić information content (AvgIpc) is 2.86. The van der Waals surface area contributed by atoms with Crippen LogP contribution in [-0.4, -0.2) is 36.5 Å². The molecule has 0 saturated carbocycles. The zero-order valence-corrected chi connectivity index (χ0v) is 12.8. The largest absolute Gasteiger partial charge is 0.355 e. The SMILES string of the molecule is CCCNC(=O)CN1CCCC1Cc1ccccc1Cl. The number of amides is 1. The molecule has 1 aromatic rings. The lowest BCUT2D eigenvalue weighted by molar-refractivity contribution is -0.122. The number of nitrogens with one attached hydrogen (secondary N) is 1. The van der Waals surface area contributed by atoms with Crippen molar-refractivity contribution in [1.29, 1.82) is 0 Å². The second kappa shape index (κ2) is 7.65. The summed E-state index contributed by atoms with van der Waals surface area (Å²) in [5.74, 6) is 0.137. The van der Waals surface area contributed by atoms with Gasteiger partial charge in [-0.15, -0.1) is 0 Å². The quantitative estimate of drug-likeness (QED) is 0.875. The van der Waals surface area contributed by atoms with Crippen LogP contribution in [0.4, 0.5) is 0 Å². The maximum Gasteiger partial charge on any atom is 0.234 e. The Hall–Kier alpha value is -1.06. The lowest BCUT2D eigenvalue weighted by Crippen LogP contribution is -2.40. The Labute approximate surface area is 126 Å². The van der Waals surface area contributed by atoms with Crippen LogP contribution in [0, 0.1) is 0 Å². The van der Waals surface area contributed by atoms with Crippen molar-refractivity contribution in [2.24, 2.45) is 0 Å². The highest BCUT2D eigenvalue weighted by atomic mass is 35.5. The van der Waals surface area contributed by atoms with Gasteiger partial charge in [-0.3, -0.25) is 9.69 Å². The van der Waals surface area contributed by atoms with Gasteiger partial charge >= 0.3 is 0 Å². The van der Waals surface area contributed by atoms with Gasteiger partial charge in [0.25, 0.3) is 0 Å². The Morgan fingerprint density at radius 1 is 1.45 bits per heavy atom. The van der Waals surface area contributed by atoms with Crippen molar-refractivity contribution in [3.05, 3.63) is 34.9 Å². The fourth-order valence-corrected chi connectivity index (χ4v) is 2.97. The van der Waals surface area contributed by atoms with Crippen LogP contribution in [0.15, 0.2) is 24.3 Å². The molecule has 1 aliphatic rings. The minimum absolute atomic E-state index is 0.137. The molecule has 0 aliphatic carbocycles. The lowest BCUT2D eigenvalue weighted by Gasteiger charge is -2.24. The maximum atomic E-state index is 11.8. The molecule has 1 atom stereocenters. The maximum absolute atomic E-state index is 11.8. The van der Waals surface area contributed by atoms with Gasteiger partial charge in [0, 0.05) is 17.6 Å². The first-order valence-corrected chi connectivity index (χ1v) is 7.82. The minimum Gasteiger partial charge on any atom is -0.355 e. The first kappa shape index (κ1) is 15.3. The van der Waals surface area contributed by atoms with Gasteiger partial charge in [0.2, 0.25) is 5.91 Å².